The van der Waals surface area contributed by atoms with Gasteiger partial charge in [-0.05, 0) is 25.7 Å². The number of rotatable bonds is 6. The van der Waals surface area contributed by atoms with Gasteiger partial charge in [-0.15, -0.1) is 0 Å². The molecule has 0 radical (unpaired) electrons. The van der Waals surface area contributed by atoms with Crippen molar-refractivity contribution in [3.05, 3.63) is 41.7 Å². The average molecular weight is 358 g/mol. The van der Waals surface area contributed by atoms with E-state index < -0.39 is 11.9 Å². The Morgan fingerprint density at radius 3 is 2.62 bits per heavy atom. The second-order valence-corrected chi connectivity index (χ2v) is 6.43. The third-order valence-corrected chi connectivity index (χ3v) is 4.77. The van der Waals surface area contributed by atoms with E-state index >= 15 is 0 Å². The van der Waals surface area contributed by atoms with Gasteiger partial charge in [-0.3, -0.25) is 9.59 Å². The lowest BCUT2D eigenvalue weighted by Gasteiger charge is -2.27. The molecule has 3 rings (SSSR count). The minimum Gasteiger partial charge on any atom is -0.481 e. The first-order chi connectivity index (χ1) is 12.6. The van der Waals surface area contributed by atoms with E-state index in [1.807, 2.05) is 30.3 Å². The van der Waals surface area contributed by atoms with E-state index in [0.29, 0.717) is 43.1 Å². The summed E-state index contributed by atoms with van der Waals surface area (Å²) in [6.07, 6.45) is 1.38. The van der Waals surface area contributed by atoms with Crippen molar-refractivity contribution < 1.29 is 24.0 Å². The van der Waals surface area contributed by atoms with Crippen LogP contribution in [0.15, 0.2) is 34.9 Å². The van der Waals surface area contributed by atoms with E-state index in [9.17, 15) is 14.7 Å². The van der Waals surface area contributed by atoms with Gasteiger partial charge in [0.15, 0.2) is 0 Å². The van der Waals surface area contributed by atoms with Gasteiger partial charge in [0, 0.05) is 25.3 Å². The molecule has 1 fully saturated rings. The van der Waals surface area contributed by atoms with Crippen molar-refractivity contribution in [1.82, 2.24) is 10.5 Å². The highest BCUT2D eigenvalue weighted by Gasteiger charge is 2.31. The third-order valence-electron chi connectivity index (χ3n) is 4.77. The van der Waals surface area contributed by atoms with E-state index in [2.05, 4.69) is 10.5 Å². The number of nitrogens with one attached hydrogen (secondary N) is 1. The van der Waals surface area contributed by atoms with Crippen molar-refractivity contribution in [3.63, 3.8) is 0 Å². The number of carboxylic acids is 1. The molecule has 26 heavy (non-hydrogen) atoms. The summed E-state index contributed by atoms with van der Waals surface area (Å²) in [4.78, 5) is 24.3. The van der Waals surface area contributed by atoms with E-state index in [1.54, 1.807) is 6.92 Å². The molecule has 1 aliphatic heterocycles. The summed E-state index contributed by atoms with van der Waals surface area (Å²) >= 11 is 0. The standard InChI is InChI=1S/C19H22N2O5/c1-12-16(17(21-26-12)14-5-3-2-4-6-14)18(22)20-11-15(19(23)24)13-7-9-25-10-8-13/h2-6,13,15H,7-11H2,1H3,(H,20,22)(H,23,24). The normalized spacial score (nSPS) is 16.2. The summed E-state index contributed by atoms with van der Waals surface area (Å²) in [5, 5.41) is 16.3. The number of carbonyl (C=O) groups is 2. The molecule has 1 atom stereocenters. The summed E-state index contributed by atoms with van der Waals surface area (Å²) in [6.45, 7) is 2.86. The van der Waals surface area contributed by atoms with Crippen LogP contribution in [0.25, 0.3) is 11.3 Å². The summed E-state index contributed by atoms with van der Waals surface area (Å²) in [5.41, 5.74) is 1.57. The summed E-state index contributed by atoms with van der Waals surface area (Å²) in [6, 6.07) is 9.27. The Hall–Kier alpha value is -2.67. The zero-order valence-corrected chi connectivity index (χ0v) is 14.6. The van der Waals surface area contributed by atoms with Gasteiger partial charge in [0.1, 0.15) is 17.0 Å². The second kappa shape index (κ2) is 8.14. The Bertz CT molecular complexity index is 765. The summed E-state index contributed by atoms with van der Waals surface area (Å²) < 4.78 is 10.5. The molecule has 1 unspecified atom stereocenters. The Labute approximate surface area is 151 Å². The SMILES string of the molecule is Cc1onc(-c2ccccc2)c1C(=O)NCC(C(=O)O)C1CCOCC1. The van der Waals surface area contributed by atoms with Crippen LogP contribution in [0.3, 0.4) is 0 Å². The molecule has 0 bridgehead atoms. The second-order valence-electron chi connectivity index (χ2n) is 6.43. The van der Waals surface area contributed by atoms with E-state index in [4.69, 9.17) is 9.26 Å². The van der Waals surface area contributed by atoms with Crippen molar-refractivity contribution in [3.8, 4) is 11.3 Å². The lowest BCUT2D eigenvalue weighted by Crippen LogP contribution is -2.39. The number of hydrogen-bond acceptors (Lipinski definition) is 5. The van der Waals surface area contributed by atoms with Crippen molar-refractivity contribution >= 4 is 11.9 Å². The van der Waals surface area contributed by atoms with Gasteiger partial charge in [0.25, 0.3) is 5.91 Å². The number of amides is 1. The number of carboxylic acid groups (broad SMARTS) is 1. The minimum absolute atomic E-state index is 0.00119. The Balaban J connectivity index is 1.74. The first kappa shape index (κ1) is 18.1. The monoisotopic (exact) mass is 358 g/mol. The number of nitrogens with zero attached hydrogens (tertiary/aromatic N) is 1. The molecule has 2 heterocycles. The fraction of sp³-hybridized carbons (Fsp3) is 0.421. The molecule has 1 amide bonds. The number of aromatic nitrogens is 1. The molecule has 1 saturated heterocycles. The first-order valence-electron chi connectivity index (χ1n) is 8.68. The van der Waals surface area contributed by atoms with E-state index in [-0.39, 0.29) is 18.4 Å². The molecular formula is C19H22N2O5. The maximum atomic E-state index is 12.7. The van der Waals surface area contributed by atoms with Crippen molar-refractivity contribution in [1.29, 1.82) is 0 Å². The Morgan fingerprint density at radius 2 is 1.96 bits per heavy atom. The molecule has 2 N–H and O–H groups in total. The van der Waals surface area contributed by atoms with Crippen LogP contribution in [0, 0.1) is 18.8 Å². The quantitative estimate of drug-likeness (QED) is 0.823. The molecule has 1 aliphatic rings. The molecule has 0 saturated carbocycles. The highest BCUT2D eigenvalue weighted by atomic mass is 16.5. The number of aryl methyl sites for hydroxylation is 1. The number of hydrogen-bond donors (Lipinski definition) is 2. The van der Waals surface area contributed by atoms with Crippen LogP contribution < -0.4 is 5.32 Å². The highest BCUT2D eigenvalue weighted by molar-refractivity contribution is 6.00. The lowest BCUT2D eigenvalue weighted by molar-refractivity contribution is -0.144. The predicted octanol–water partition coefficient (Wildman–Crippen LogP) is 2.51. The number of ether oxygens (including phenoxy) is 1. The molecule has 7 heteroatoms. The maximum absolute atomic E-state index is 12.7. The van der Waals surface area contributed by atoms with E-state index in [1.165, 1.54) is 0 Å². The smallest absolute Gasteiger partial charge is 0.308 e. The van der Waals surface area contributed by atoms with Crippen LogP contribution in [-0.4, -0.2) is 41.9 Å². The fourth-order valence-corrected chi connectivity index (χ4v) is 3.30. The number of benzene rings is 1. The predicted molar refractivity (Wildman–Crippen MR) is 93.7 cm³/mol. The van der Waals surface area contributed by atoms with Gasteiger partial charge in [0.2, 0.25) is 0 Å². The van der Waals surface area contributed by atoms with Gasteiger partial charge in [0.05, 0.1) is 5.92 Å². The van der Waals surface area contributed by atoms with Gasteiger partial charge >= 0.3 is 5.97 Å². The van der Waals surface area contributed by atoms with Crippen molar-refractivity contribution in [2.24, 2.45) is 11.8 Å². The summed E-state index contributed by atoms with van der Waals surface area (Å²) in [7, 11) is 0. The first-order valence-corrected chi connectivity index (χ1v) is 8.68. The van der Waals surface area contributed by atoms with Crippen molar-refractivity contribution in [2.75, 3.05) is 19.8 Å². The lowest BCUT2D eigenvalue weighted by atomic mass is 9.86. The van der Waals surface area contributed by atoms with Gasteiger partial charge in [-0.25, -0.2) is 0 Å². The van der Waals surface area contributed by atoms with Gasteiger partial charge < -0.3 is 19.7 Å². The van der Waals surface area contributed by atoms with Crippen LogP contribution in [0.1, 0.15) is 29.0 Å². The molecular weight excluding hydrogens is 336 g/mol. The molecule has 1 aromatic heterocycles. The average Bonchev–Trinajstić information content (AvgIpc) is 3.04. The van der Waals surface area contributed by atoms with Crippen LogP contribution in [0.5, 0.6) is 0 Å². The third kappa shape index (κ3) is 3.94. The number of aliphatic carboxylic acids is 1. The van der Waals surface area contributed by atoms with Crippen molar-refractivity contribution in [2.45, 2.75) is 19.8 Å². The van der Waals surface area contributed by atoms with Gasteiger partial charge in [-0.2, -0.15) is 0 Å². The maximum Gasteiger partial charge on any atom is 0.308 e. The molecule has 2 aromatic rings. The van der Waals surface area contributed by atoms with Crippen LogP contribution in [-0.2, 0) is 9.53 Å². The molecule has 7 nitrogen and oxygen atoms in total. The highest BCUT2D eigenvalue weighted by Crippen LogP contribution is 2.26. The van der Waals surface area contributed by atoms with Gasteiger partial charge in [-0.1, -0.05) is 35.5 Å². The zero-order chi connectivity index (χ0) is 18.5. The Morgan fingerprint density at radius 1 is 1.27 bits per heavy atom. The van der Waals surface area contributed by atoms with Crippen LogP contribution in [0.2, 0.25) is 0 Å². The fourth-order valence-electron chi connectivity index (χ4n) is 3.30. The van der Waals surface area contributed by atoms with Crippen LogP contribution >= 0.6 is 0 Å². The topological polar surface area (TPSA) is 102 Å². The summed E-state index contributed by atoms with van der Waals surface area (Å²) in [5.74, 6) is -1.51. The molecule has 0 aliphatic carbocycles. The number of carbonyl (C=O) groups excluding carboxylic acids is 1. The molecule has 138 valence electrons. The minimum atomic E-state index is -0.900. The molecule has 1 aromatic carbocycles. The van der Waals surface area contributed by atoms with Crippen LogP contribution in [0.4, 0.5) is 0 Å². The van der Waals surface area contributed by atoms with E-state index in [0.717, 1.165) is 5.56 Å². The molecule has 0 spiro atoms. The largest absolute Gasteiger partial charge is 0.481 e. The zero-order valence-electron chi connectivity index (χ0n) is 14.6. The Kier molecular flexibility index (Phi) is 5.68.